The first-order chi connectivity index (χ1) is 44.0. The molecule has 0 spiro atoms. The van der Waals surface area contributed by atoms with Gasteiger partial charge in [-0.05, 0) is 126 Å². The first-order valence-corrected chi connectivity index (χ1v) is 34.8. The predicted octanol–water partition coefficient (Wildman–Crippen LogP) is 2.87. The molecular weight excluding hydrogens is 1190 g/mol. The van der Waals surface area contributed by atoms with E-state index in [9.17, 15) is 20.4 Å². The Hall–Kier alpha value is -2.48. The van der Waals surface area contributed by atoms with Crippen LogP contribution in [0.15, 0.2) is 43.2 Å². The van der Waals surface area contributed by atoms with E-state index in [0.717, 1.165) is 89.6 Å². The SMILES string of the molecule is CC1CN(CC(O)CO)CC1C.CCC(C)CN(CC(C)CO)CC(O)CO.CCC(C)CNCC(O)CO.CCC(C)N(CC(O)CO)CC(O)CO.CCC(C)NCC(O)CO.CCC(C)c1ccncc1.CCC(C)n1ccnc1.CCCN(C)CC(O)CO. The average Bonchev–Trinajstić information content (AvgIpc) is 2.32. The maximum atomic E-state index is 9.45. The molecule has 0 bridgehead atoms. The summed E-state index contributed by atoms with van der Waals surface area (Å²) in [7, 11) is 1.93. The Labute approximate surface area is 565 Å². The van der Waals surface area contributed by atoms with E-state index in [1.807, 2.05) is 75.7 Å². The molecule has 3 rings (SSSR count). The van der Waals surface area contributed by atoms with Crippen molar-refractivity contribution in [2.75, 3.05) is 145 Å². The summed E-state index contributed by atoms with van der Waals surface area (Å²) in [6.07, 6.45) is 12.3. The van der Waals surface area contributed by atoms with Crippen LogP contribution in [0.25, 0.3) is 0 Å². The molecule has 3 heterocycles. The number of rotatable bonds is 40. The fraction of sp³-hybridized carbons (Fsp3) is 0.884. The van der Waals surface area contributed by atoms with Crippen LogP contribution in [0.5, 0.6) is 0 Å². The Kier molecular flexibility index (Phi) is 71.2. The van der Waals surface area contributed by atoms with E-state index < -0.39 is 42.7 Å². The number of hydrogen-bond donors (Lipinski definition) is 17. The lowest BCUT2D eigenvalue weighted by Crippen LogP contribution is -2.44. The molecule has 1 fully saturated rings. The minimum atomic E-state index is -0.801. The summed E-state index contributed by atoms with van der Waals surface area (Å²) in [5.41, 5.74) is 1.39. The van der Waals surface area contributed by atoms with Crippen molar-refractivity contribution >= 4 is 0 Å². The summed E-state index contributed by atoms with van der Waals surface area (Å²) in [6, 6.07) is 5.36. The van der Waals surface area contributed by atoms with Crippen molar-refractivity contribution in [1.82, 2.24) is 44.8 Å². The van der Waals surface area contributed by atoms with Gasteiger partial charge in [0.1, 0.15) is 0 Å². The van der Waals surface area contributed by atoms with Gasteiger partial charge in [0, 0.05) is 122 Å². The Balaban J connectivity index is -0.000000319. The van der Waals surface area contributed by atoms with Gasteiger partial charge < -0.3 is 106 Å². The van der Waals surface area contributed by atoms with E-state index >= 15 is 0 Å². The molecule has 558 valence electrons. The normalized spacial score (nSPS) is 18.2. The monoisotopic (exact) mass is 1340 g/mol. The molecule has 2 aromatic rings. The summed E-state index contributed by atoms with van der Waals surface area (Å²) < 4.78 is 2.11. The van der Waals surface area contributed by atoms with Gasteiger partial charge in [-0.1, -0.05) is 103 Å². The van der Waals surface area contributed by atoms with E-state index in [0.29, 0.717) is 75.7 Å². The average molecular weight is 1340 g/mol. The number of likely N-dealkylation sites (N-methyl/N-ethyl adjacent to an activating group) is 1. The van der Waals surface area contributed by atoms with E-state index in [2.05, 4.69) is 130 Å². The van der Waals surface area contributed by atoms with Gasteiger partial charge in [0.25, 0.3) is 0 Å². The second-order valence-electron chi connectivity index (χ2n) is 25.8. The molecule has 1 saturated heterocycles. The smallest absolute Gasteiger partial charge is 0.0948 e. The Morgan fingerprint density at radius 1 is 0.495 bits per heavy atom. The number of aliphatic hydroxyl groups is 15. The maximum absolute atomic E-state index is 9.45. The van der Waals surface area contributed by atoms with Crippen LogP contribution in [0.1, 0.15) is 173 Å². The first kappa shape index (κ1) is 99.2. The zero-order valence-electron chi connectivity index (χ0n) is 61.4. The van der Waals surface area contributed by atoms with Gasteiger partial charge in [-0.15, -0.1) is 0 Å². The summed E-state index contributed by atoms with van der Waals surface area (Å²) in [4.78, 5) is 16.1. The van der Waals surface area contributed by atoms with Crippen LogP contribution in [0.4, 0.5) is 0 Å². The highest BCUT2D eigenvalue weighted by Gasteiger charge is 2.27. The molecule has 0 aliphatic carbocycles. The van der Waals surface area contributed by atoms with E-state index in [1.165, 1.54) is 12.0 Å². The van der Waals surface area contributed by atoms with Crippen LogP contribution >= 0.6 is 0 Å². The summed E-state index contributed by atoms with van der Waals surface area (Å²) >= 11 is 0. The topological polar surface area (TPSA) is 371 Å². The lowest BCUT2D eigenvalue weighted by molar-refractivity contribution is 0.00906. The second-order valence-corrected chi connectivity index (χ2v) is 25.8. The predicted molar refractivity (Wildman–Crippen MR) is 378 cm³/mol. The van der Waals surface area contributed by atoms with Crippen LogP contribution < -0.4 is 10.6 Å². The third kappa shape index (κ3) is 60.4. The molecule has 1 aliphatic rings. The summed E-state index contributed by atoms with van der Waals surface area (Å²) in [5, 5.41) is 140. The highest BCUT2D eigenvalue weighted by Crippen LogP contribution is 2.22. The molecule has 0 amide bonds. The molecule has 2 aromatic heterocycles. The van der Waals surface area contributed by atoms with Crippen molar-refractivity contribution in [2.24, 2.45) is 29.6 Å². The third-order valence-corrected chi connectivity index (χ3v) is 16.3. The van der Waals surface area contributed by atoms with Gasteiger partial charge >= 0.3 is 0 Å². The van der Waals surface area contributed by atoms with E-state index in [-0.39, 0.29) is 64.8 Å². The number of nitrogens with zero attached hydrogens (tertiary/aromatic N) is 7. The number of likely N-dealkylation sites (tertiary alicyclic amines) is 1. The lowest BCUT2D eigenvalue weighted by atomic mass is 10.0. The van der Waals surface area contributed by atoms with Crippen LogP contribution in [-0.4, -0.2) is 311 Å². The molecule has 24 heteroatoms. The maximum Gasteiger partial charge on any atom is 0.0948 e. The van der Waals surface area contributed by atoms with Crippen LogP contribution in [0.3, 0.4) is 0 Å². The highest BCUT2D eigenvalue weighted by atomic mass is 16.3. The van der Waals surface area contributed by atoms with Gasteiger partial charge in [0.05, 0.1) is 95.3 Å². The number of imidazole rings is 1. The Bertz CT molecular complexity index is 1710. The third-order valence-electron chi connectivity index (χ3n) is 16.3. The van der Waals surface area contributed by atoms with Crippen molar-refractivity contribution in [2.45, 2.75) is 222 Å². The number of nitrogens with one attached hydrogen (secondary N) is 2. The molecule has 93 heavy (non-hydrogen) atoms. The molecule has 0 aromatic carbocycles. The standard InChI is InChI=1S/C12H27NO3.C10H23NO4.C9H19NO2.C9H13N.C8H19NO2.C7H12N2.2C7H17NO2/c1-4-10(2)5-13(6-11(3)8-14)7-12(16)9-15;1-3-8(2)11(4-9(14)6-12)5-10(15)7-13;1-7-3-10(4-8(7)2)5-9(12)6-11;1-3-8(2)9-4-6-10-7-5-9;1-3-7(2)4-9-5-8(11)6-10;1-3-7(2)9-5-4-8-6-9;1-3-6(2)8-4-7(10)5-9;1-3-4-8(2)5-7(10)6-9/h10-12,14-16H,4-9H2,1-3H3;8-10,12-15H,3-7H2,1-2H3;7-9,11-12H,3-6H2,1-2H3;4-8H,3H2,1-2H3;7-11H,3-6H2,1-2H3;4-7H,3H2,1-2H3;6-10H,3-5H2,1-2H3;7,9-10H,3-6H2,1-2H3. The molecule has 0 radical (unpaired) electrons. The fourth-order valence-corrected chi connectivity index (χ4v) is 8.56. The number of aromatic nitrogens is 3. The van der Waals surface area contributed by atoms with Gasteiger partial charge in [-0.2, -0.15) is 0 Å². The zero-order chi connectivity index (χ0) is 72.3. The van der Waals surface area contributed by atoms with E-state index in [1.54, 1.807) is 0 Å². The van der Waals surface area contributed by atoms with Gasteiger partial charge in [0.15, 0.2) is 0 Å². The van der Waals surface area contributed by atoms with Crippen molar-refractivity contribution in [1.29, 1.82) is 0 Å². The fourth-order valence-electron chi connectivity index (χ4n) is 8.56. The zero-order valence-corrected chi connectivity index (χ0v) is 61.4. The minimum absolute atomic E-state index is 0.126. The van der Waals surface area contributed by atoms with Gasteiger partial charge in [-0.25, -0.2) is 4.98 Å². The Morgan fingerprint density at radius 2 is 0.968 bits per heavy atom. The molecular formula is C69H147N9O15. The van der Waals surface area contributed by atoms with Crippen molar-refractivity contribution in [3.63, 3.8) is 0 Å². The number of hydrogen-bond acceptors (Lipinski definition) is 23. The highest BCUT2D eigenvalue weighted by molar-refractivity contribution is 5.14. The first-order valence-electron chi connectivity index (χ1n) is 34.8. The molecule has 16 atom stereocenters. The summed E-state index contributed by atoms with van der Waals surface area (Å²) in [5.74, 6) is 3.52. The summed E-state index contributed by atoms with van der Waals surface area (Å²) in [6.45, 7) is 41.7. The molecule has 16 unspecified atom stereocenters. The molecule has 24 nitrogen and oxygen atoms in total. The molecule has 0 saturated carbocycles. The number of β-amino-alcohol motifs (C(OH)–C–C–N with tert-alkyl or cyclic N) is 1. The largest absolute Gasteiger partial charge is 0.396 e. The molecule has 17 N–H and O–H groups in total. The number of pyridine rings is 1. The van der Waals surface area contributed by atoms with Crippen molar-refractivity contribution < 1.29 is 76.6 Å². The minimum Gasteiger partial charge on any atom is -0.396 e. The quantitative estimate of drug-likeness (QED) is 0.0456. The van der Waals surface area contributed by atoms with Gasteiger partial charge in [-0.3, -0.25) is 9.88 Å². The Morgan fingerprint density at radius 3 is 1.38 bits per heavy atom. The second kappa shape index (κ2) is 66.7. The van der Waals surface area contributed by atoms with Crippen molar-refractivity contribution in [3.05, 3.63) is 48.8 Å². The number of aliphatic hydroxyl groups excluding tert-OH is 15. The van der Waals surface area contributed by atoms with E-state index in [4.69, 9.17) is 56.2 Å². The van der Waals surface area contributed by atoms with Crippen LogP contribution in [-0.2, 0) is 0 Å². The molecule has 1 aliphatic heterocycles. The van der Waals surface area contributed by atoms with Gasteiger partial charge in [0.2, 0.25) is 0 Å². The van der Waals surface area contributed by atoms with Crippen LogP contribution in [0.2, 0.25) is 0 Å². The lowest BCUT2D eigenvalue weighted by Gasteiger charge is -2.31. The van der Waals surface area contributed by atoms with Crippen molar-refractivity contribution in [3.8, 4) is 0 Å². The van der Waals surface area contributed by atoms with Crippen LogP contribution in [0, 0.1) is 29.6 Å².